The largest absolute Gasteiger partial charge is 0.376 e. The summed E-state index contributed by atoms with van der Waals surface area (Å²) in [5, 5.41) is 8.15. The maximum Gasteiger partial charge on any atom is 0.0771 e. The van der Waals surface area contributed by atoms with Crippen LogP contribution >= 0.6 is 0 Å². The lowest BCUT2D eigenvalue weighted by atomic mass is 10.1. The van der Waals surface area contributed by atoms with Gasteiger partial charge in [-0.3, -0.25) is 4.68 Å². The summed E-state index contributed by atoms with van der Waals surface area (Å²) in [6, 6.07) is 0. The molecule has 0 bridgehead atoms. The summed E-state index contributed by atoms with van der Waals surface area (Å²) in [5.41, 5.74) is 3.79. The second kappa shape index (κ2) is 7.06. The third-order valence-electron chi connectivity index (χ3n) is 3.91. The summed E-state index contributed by atoms with van der Waals surface area (Å²) in [6.07, 6.45) is 5.18. The summed E-state index contributed by atoms with van der Waals surface area (Å²) in [7, 11) is 0. The molecule has 0 aliphatic carbocycles. The van der Waals surface area contributed by atoms with Crippen LogP contribution in [0.1, 0.15) is 49.6 Å². The van der Waals surface area contributed by atoms with Crippen molar-refractivity contribution in [1.29, 1.82) is 0 Å². The van der Waals surface area contributed by atoms with Crippen LogP contribution in [0.4, 0.5) is 0 Å². The molecule has 1 N–H and O–H groups in total. The molecule has 2 rings (SSSR count). The normalized spacial score (nSPS) is 19.8. The average molecular weight is 265 g/mol. The minimum absolute atomic E-state index is 0.350. The molecule has 1 saturated heterocycles. The van der Waals surface area contributed by atoms with Crippen LogP contribution < -0.4 is 5.32 Å². The molecular weight excluding hydrogens is 238 g/mol. The molecule has 0 radical (unpaired) electrons. The first-order chi connectivity index (χ1) is 9.22. The van der Waals surface area contributed by atoms with Crippen molar-refractivity contribution in [3.8, 4) is 0 Å². The van der Waals surface area contributed by atoms with E-state index >= 15 is 0 Å². The molecule has 0 spiro atoms. The summed E-state index contributed by atoms with van der Waals surface area (Å²) in [4.78, 5) is 0. The van der Waals surface area contributed by atoms with Crippen molar-refractivity contribution in [3.05, 3.63) is 17.0 Å². The highest BCUT2D eigenvalue weighted by atomic mass is 16.5. The van der Waals surface area contributed by atoms with Gasteiger partial charge in [0.2, 0.25) is 0 Å². The molecule has 1 unspecified atom stereocenters. The topological polar surface area (TPSA) is 39.1 Å². The molecule has 1 aromatic heterocycles. The van der Waals surface area contributed by atoms with Crippen molar-refractivity contribution in [3.63, 3.8) is 0 Å². The Morgan fingerprint density at radius 3 is 2.89 bits per heavy atom. The third kappa shape index (κ3) is 3.80. The molecule has 19 heavy (non-hydrogen) atoms. The fourth-order valence-corrected chi connectivity index (χ4v) is 2.70. The quantitative estimate of drug-likeness (QED) is 0.804. The molecule has 0 saturated carbocycles. The minimum Gasteiger partial charge on any atom is -0.376 e. The number of nitrogens with zero attached hydrogens (tertiary/aromatic N) is 2. The molecule has 4 nitrogen and oxygen atoms in total. The molecule has 2 heterocycles. The van der Waals surface area contributed by atoms with Gasteiger partial charge in [0, 0.05) is 24.4 Å². The van der Waals surface area contributed by atoms with E-state index in [2.05, 4.69) is 35.9 Å². The van der Waals surface area contributed by atoms with Crippen LogP contribution in [0.25, 0.3) is 0 Å². The molecule has 108 valence electrons. The van der Waals surface area contributed by atoms with Gasteiger partial charge in [0.05, 0.1) is 18.3 Å². The predicted molar refractivity (Wildman–Crippen MR) is 77.3 cm³/mol. The lowest BCUT2D eigenvalue weighted by molar-refractivity contribution is 0.00360. The van der Waals surface area contributed by atoms with Crippen molar-refractivity contribution in [2.24, 2.45) is 0 Å². The van der Waals surface area contributed by atoms with Gasteiger partial charge in [0.15, 0.2) is 0 Å². The van der Waals surface area contributed by atoms with Gasteiger partial charge in [-0.05, 0) is 46.1 Å². The zero-order valence-electron chi connectivity index (χ0n) is 12.5. The van der Waals surface area contributed by atoms with Gasteiger partial charge in [-0.2, -0.15) is 5.10 Å². The Balaban J connectivity index is 1.98. The van der Waals surface area contributed by atoms with Gasteiger partial charge >= 0.3 is 0 Å². The number of hydrogen-bond donors (Lipinski definition) is 1. The Morgan fingerprint density at radius 2 is 2.21 bits per heavy atom. The smallest absolute Gasteiger partial charge is 0.0771 e. The van der Waals surface area contributed by atoms with E-state index in [4.69, 9.17) is 4.74 Å². The number of hydrogen-bond acceptors (Lipinski definition) is 3. The van der Waals surface area contributed by atoms with E-state index < -0.39 is 0 Å². The molecule has 1 fully saturated rings. The molecule has 1 aromatic rings. The van der Waals surface area contributed by atoms with Crippen LogP contribution in [-0.2, 0) is 17.8 Å². The summed E-state index contributed by atoms with van der Waals surface area (Å²) < 4.78 is 7.94. The number of ether oxygens (including phenoxy) is 1. The van der Waals surface area contributed by atoms with E-state index in [1.165, 1.54) is 36.9 Å². The lowest BCUT2D eigenvalue weighted by Gasteiger charge is -2.23. The van der Waals surface area contributed by atoms with E-state index in [-0.39, 0.29) is 0 Å². The Hall–Kier alpha value is -0.870. The van der Waals surface area contributed by atoms with Gasteiger partial charge in [-0.25, -0.2) is 0 Å². The maximum atomic E-state index is 5.81. The molecule has 0 amide bonds. The second-order valence-corrected chi connectivity index (χ2v) is 5.50. The zero-order chi connectivity index (χ0) is 13.7. The van der Waals surface area contributed by atoms with E-state index in [0.717, 1.165) is 31.9 Å². The summed E-state index contributed by atoms with van der Waals surface area (Å²) in [6.45, 7) is 10.3. The van der Waals surface area contributed by atoms with Crippen LogP contribution in [0.2, 0.25) is 0 Å². The number of nitrogens with one attached hydrogen (secondary N) is 1. The second-order valence-electron chi connectivity index (χ2n) is 5.50. The monoisotopic (exact) mass is 265 g/mol. The van der Waals surface area contributed by atoms with Crippen molar-refractivity contribution >= 4 is 0 Å². The maximum absolute atomic E-state index is 5.81. The average Bonchev–Trinajstić information content (AvgIpc) is 2.68. The predicted octanol–water partition coefficient (Wildman–Crippen LogP) is 2.57. The van der Waals surface area contributed by atoms with Crippen LogP contribution in [0, 0.1) is 13.8 Å². The van der Waals surface area contributed by atoms with Crippen LogP contribution in [-0.4, -0.2) is 29.0 Å². The number of aromatic nitrogens is 2. The van der Waals surface area contributed by atoms with Crippen LogP contribution in [0.3, 0.4) is 0 Å². The molecule has 1 aliphatic heterocycles. The molecule has 0 aromatic carbocycles. The Labute approximate surface area is 116 Å². The van der Waals surface area contributed by atoms with Crippen molar-refractivity contribution in [2.45, 2.75) is 65.6 Å². The van der Waals surface area contributed by atoms with Gasteiger partial charge in [-0.15, -0.1) is 0 Å². The number of aryl methyl sites for hydroxylation is 1. The Bertz CT molecular complexity index is 394. The third-order valence-corrected chi connectivity index (χ3v) is 3.91. The fraction of sp³-hybridized carbons (Fsp3) is 0.800. The van der Waals surface area contributed by atoms with Gasteiger partial charge in [0.25, 0.3) is 0 Å². The first-order valence-corrected chi connectivity index (χ1v) is 7.57. The summed E-state index contributed by atoms with van der Waals surface area (Å²) >= 11 is 0. The highest BCUT2D eigenvalue weighted by molar-refractivity contribution is 5.24. The first-order valence-electron chi connectivity index (χ1n) is 7.57. The van der Waals surface area contributed by atoms with Crippen LogP contribution in [0.15, 0.2) is 0 Å². The van der Waals surface area contributed by atoms with Gasteiger partial charge in [-0.1, -0.05) is 6.92 Å². The standard InChI is InChI=1S/C15H27N3O/c1-4-8-16-10-15-12(2)17-18(13(15)3)11-14-7-5-6-9-19-14/h14,16H,4-11H2,1-3H3. The zero-order valence-corrected chi connectivity index (χ0v) is 12.5. The van der Waals surface area contributed by atoms with Gasteiger partial charge < -0.3 is 10.1 Å². The first kappa shape index (κ1) is 14.5. The highest BCUT2D eigenvalue weighted by Crippen LogP contribution is 2.18. The van der Waals surface area contributed by atoms with Crippen molar-refractivity contribution < 1.29 is 4.74 Å². The molecule has 1 atom stereocenters. The Morgan fingerprint density at radius 1 is 1.37 bits per heavy atom. The molecule has 1 aliphatic rings. The van der Waals surface area contributed by atoms with E-state index in [9.17, 15) is 0 Å². The van der Waals surface area contributed by atoms with Crippen molar-refractivity contribution in [1.82, 2.24) is 15.1 Å². The Kier molecular flexibility index (Phi) is 5.40. The lowest BCUT2D eigenvalue weighted by Crippen LogP contribution is -2.25. The van der Waals surface area contributed by atoms with Crippen molar-refractivity contribution in [2.75, 3.05) is 13.2 Å². The highest BCUT2D eigenvalue weighted by Gasteiger charge is 2.18. The fourth-order valence-electron chi connectivity index (χ4n) is 2.70. The molecular formula is C15H27N3O. The molecule has 4 heteroatoms. The van der Waals surface area contributed by atoms with E-state index in [1.807, 2.05) is 0 Å². The number of rotatable bonds is 6. The summed E-state index contributed by atoms with van der Waals surface area (Å²) in [5.74, 6) is 0. The van der Waals surface area contributed by atoms with E-state index in [0.29, 0.717) is 6.10 Å². The minimum atomic E-state index is 0.350. The van der Waals surface area contributed by atoms with Crippen LogP contribution in [0.5, 0.6) is 0 Å². The SMILES string of the molecule is CCCNCc1c(C)nn(CC2CCCCO2)c1C. The van der Waals surface area contributed by atoms with E-state index in [1.54, 1.807) is 0 Å². The van der Waals surface area contributed by atoms with Gasteiger partial charge in [0.1, 0.15) is 0 Å².